The number of rotatable bonds is 1. The largest absolute Gasteiger partial charge is 0.349 e. The Labute approximate surface area is 107 Å². The normalized spacial score (nSPS) is 11.1. The van der Waals surface area contributed by atoms with E-state index in [0.717, 1.165) is 0 Å². The molecular weight excluding hydrogens is 249 g/mol. The second-order valence-electron chi connectivity index (χ2n) is 4.27. The molecule has 0 saturated carbocycles. The van der Waals surface area contributed by atoms with Gasteiger partial charge in [-0.05, 0) is 28.6 Å². The number of hydrogen-bond acceptors (Lipinski definition) is 4. The van der Waals surface area contributed by atoms with E-state index in [1.807, 2.05) is 0 Å². The Morgan fingerprint density at radius 3 is 2.74 bits per heavy atom. The van der Waals surface area contributed by atoms with Crippen LogP contribution in [0.3, 0.4) is 0 Å². The summed E-state index contributed by atoms with van der Waals surface area (Å²) < 4.78 is 16.3. The zero-order valence-corrected chi connectivity index (χ0v) is 10.3. The van der Waals surface area contributed by atoms with E-state index in [2.05, 4.69) is 15.5 Å². The van der Waals surface area contributed by atoms with Gasteiger partial charge in [0.15, 0.2) is 11.3 Å². The molecule has 0 aliphatic carbocycles. The van der Waals surface area contributed by atoms with Crippen molar-refractivity contribution in [1.82, 2.24) is 24.8 Å². The van der Waals surface area contributed by atoms with Crippen LogP contribution < -0.4 is 5.43 Å². The maximum absolute atomic E-state index is 13.2. The molecule has 1 aromatic carbocycles. The van der Waals surface area contributed by atoms with Crippen LogP contribution in [0.1, 0.15) is 0 Å². The van der Waals surface area contributed by atoms with Crippen LogP contribution in [-0.2, 0) is 14.1 Å². The van der Waals surface area contributed by atoms with Gasteiger partial charge in [-0.2, -0.15) is 0 Å². The molecule has 0 aliphatic heterocycles. The summed E-state index contributed by atoms with van der Waals surface area (Å²) >= 11 is 0. The number of tetrazole rings is 1. The van der Waals surface area contributed by atoms with Crippen molar-refractivity contribution in [2.75, 3.05) is 0 Å². The standard InChI is InChI=1S/C12H10FN5O/c1-17-6-9(12-14-15-16-18(12)2)11(19)8-4-3-7(13)5-10(8)17/h3-6H,1-2H3. The molecule has 0 spiro atoms. The minimum Gasteiger partial charge on any atom is -0.349 e. The predicted molar refractivity (Wildman–Crippen MR) is 66.9 cm³/mol. The molecule has 0 amide bonds. The van der Waals surface area contributed by atoms with Crippen LogP contribution in [0.2, 0.25) is 0 Å². The highest BCUT2D eigenvalue weighted by molar-refractivity contribution is 5.82. The monoisotopic (exact) mass is 259 g/mol. The number of aryl methyl sites for hydroxylation is 2. The van der Waals surface area contributed by atoms with Crippen molar-refractivity contribution in [3.05, 3.63) is 40.4 Å². The van der Waals surface area contributed by atoms with Gasteiger partial charge < -0.3 is 4.57 Å². The van der Waals surface area contributed by atoms with Crippen LogP contribution in [-0.4, -0.2) is 24.8 Å². The van der Waals surface area contributed by atoms with Gasteiger partial charge in [0.2, 0.25) is 0 Å². The first-order valence-corrected chi connectivity index (χ1v) is 5.59. The predicted octanol–water partition coefficient (Wildman–Crippen LogP) is 0.868. The van der Waals surface area contributed by atoms with Gasteiger partial charge in [-0.15, -0.1) is 5.10 Å². The molecular formula is C12H10FN5O. The average Bonchev–Trinajstić information content (AvgIpc) is 2.80. The fourth-order valence-corrected chi connectivity index (χ4v) is 2.07. The van der Waals surface area contributed by atoms with Crippen molar-refractivity contribution in [2.45, 2.75) is 0 Å². The van der Waals surface area contributed by atoms with Crippen LogP contribution in [0.4, 0.5) is 4.39 Å². The third kappa shape index (κ3) is 1.70. The Morgan fingerprint density at radius 2 is 2.05 bits per heavy atom. The molecule has 0 unspecified atom stereocenters. The van der Waals surface area contributed by atoms with Gasteiger partial charge in [0.05, 0.1) is 11.1 Å². The molecule has 0 saturated heterocycles. The summed E-state index contributed by atoms with van der Waals surface area (Å²) in [6, 6.07) is 4.07. The second kappa shape index (κ2) is 3.98. The summed E-state index contributed by atoms with van der Waals surface area (Å²) in [5.74, 6) is 0.00222. The highest BCUT2D eigenvalue weighted by atomic mass is 19.1. The van der Waals surface area contributed by atoms with E-state index in [0.29, 0.717) is 22.3 Å². The molecule has 2 heterocycles. The van der Waals surface area contributed by atoms with Crippen molar-refractivity contribution < 1.29 is 4.39 Å². The fraction of sp³-hybridized carbons (Fsp3) is 0.167. The molecule has 0 atom stereocenters. The van der Waals surface area contributed by atoms with Crippen molar-refractivity contribution >= 4 is 10.9 Å². The van der Waals surface area contributed by atoms with Crippen LogP contribution in [0, 0.1) is 5.82 Å². The summed E-state index contributed by atoms with van der Waals surface area (Å²) in [6.45, 7) is 0. The summed E-state index contributed by atoms with van der Waals surface area (Å²) in [7, 11) is 3.40. The Bertz CT molecular complexity index is 836. The van der Waals surface area contributed by atoms with Gasteiger partial charge in [0, 0.05) is 25.7 Å². The molecule has 6 nitrogen and oxygen atoms in total. The van der Waals surface area contributed by atoms with Crippen LogP contribution in [0.15, 0.2) is 29.2 Å². The Morgan fingerprint density at radius 1 is 1.26 bits per heavy atom. The average molecular weight is 259 g/mol. The summed E-state index contributed by atoms with van der Waals surface area (Å²) in [5.41, 5.74) is 0.698. The SMILES string of the molecule is Cn1nnnc1-c1cn(C)c2cc(F)ccc2c1=O. The van der Waals surface area contributed by atoms with Crippen LogP contribution in [0.5, 0.6) is 0 Å². The fourth-order valence-electron chi connectivity index (χ4n) is 2.07. The number of nitrogens with zero attached hydrogens (tertiary/aromatic N) is 5. The van der Waals surface area contributed by atoms with E-state index in [9.17, 15) is 9.18 Å². The van der Waals surface area contributed by atoms with E-state index >= 15 is 0 Å². The Kier molecular flexibility index (Phi) is 2.41. The van der Waals surface area contributed by atoms with E-state index in [-0.39, 0.29) is 11.2 Å². The van der Waals surface area contributed by atoms with Crippen molar-refractivity contribution in [1.29, 1.82) is 0 Å². The molecule has 3 aromatic rings. The first-order chi connectivity index (χ1) is 9.08. The molecule has 19 heavy (non-hydrogen) atoms. The number of hydrogen-bond donors (Lipinski definition) is 0. The van der Waals surface area contributed by atoms with Crippen molar-refractivity contribution in [3.8, 4) is 11.4 Å². The summed E-state index contributed by atoms with van der Waals surface area (Å²) in [5, 5.41) is 11.5. The highest BCUT2D eigenvalue weighted by Gasteiger charge is 2.14. The third-order valence-corrected chi connectivity index (χ3v) is 3.01. The Balaban J connectivity index is 2.41. The number of halogens is 1. The van der Waals surface area contributed by atoms with E-state index in [4.69, 9.17) is 0 Å². The third-order valence-electron chi connectivity index (χ3n) is 3.01. The summed E-state index contributed by atoms with van der Waals surface area (Å²) in [6.07, 6.45) is 1.61. The summed E-state index contributed by atoms with van der Waals surface area (Å²) in [4.78, 5) is 12.4. The number of fused-ring (bicyclic) bond motifs is 1. The minimum absolute atomic E-state index is 0.217. The molecule has 0 aliphatic rings. The molecule has 0 N–H and O–H groups in total. The Hall–Kier alpha value is -2.57. The number of benzene rings is 1. The molecule has 96 valence electrons. The lowest BCUT2D eigenvalue weighted by atomic mass is 10.1. The topological polar surface area (TPSA) is 65.6 Å². The number of aromatic nitrogens is 5. The quantitative estimate of drug-likeness (QED) is 0.650. The smallest absolute Gasteiger partial charge is 0.200 e. The maximum Gasteiger partial charge on any atom is 0.200 e. The lowest BCUT2D eigenvalue weighted by Crippen LogP contribution is -2.12. The highest BCUT2D eigenvalue weighted by Crippen LogP contribution is 2.17. The molecule has 0 bridgehead atoms. The van der Waals surface area contributed by atoms with Crippen molar-refractivity contribution in [2.24, 2.45) is 14.1 Å². The first-order valence-electron chi connectivity index (χ1n) is 5.59. The van der Waals surface area contributed by atoms with E-state index in [1.54, 1.807) is 24.9 Å². The molecule has 3 rings (SSSR count). The minimum atomic E-state index is -0.379. The van der Waals surface area contributed by atoms with Gasteiger partial charge in [-0.1, -0.05) is 0 Å². The van der Waals surface area contributed by atoms with Crippen LogP contribution in [0.25, 0.3) is 22.3 Å². The molecule has 0 fully saturated rings. The van der Waals surface area contributed by atoms with E-state index in [1.165, 1.54) is 22.9 Å². The molecule has 0 radical (unpaired) electrons. The van der Waals surface area contributed by atoms with Crippen LogP contribution >= 0.6 is 0 Å². The van der Waals surface area contributed by atoms with Gasteiger partial charge >= 0.3 is 0 Å². The maximum atomic E-state index is 13.2. The van der Waals surface area contributed by atoms with Gasteiger partial charge in [0.25, 0.3) is 0 Å². The molecule has 2 aromatic heterocycles. The lowest BCUT2D eigenvalue weighted by Gasteiger charge is -2.08. The van der Waals surface area contributed by atoms with Crippen molar-refractivity contribution in [3.63, 3.8) is 0 Å². The first kappa shape index (κ1) is 11.5. The van der Waals surface area contributed by atoms with E-state index < -0.39 is 0 Å². The lowest BCUT2D eigenvalue weighted by molar-refractivity contribution is 0.628. The van der Waals surface area contributed by atoms with Gasteiger partial charge in [-0.25, -0.2) is 9.07 Å². The molecule has 7 heteroatoms. The second-order valence-corrected chi connectivity index (χ2v) is 4.27. The zero-order valence-electron chi connectivity index (χ0n) is 10.3. The zero-order chi connectivity index (χ0) is 13.6. The van der Waals surface area contributed by atoms with Gasteiger partial charge in [0.1, 0.15) is 5.82 Å². The van der Waals surface area contributed by atoms with Gasteiger partial charge in [-0.3, -0.25) is 4.79 Å². The number of pyridine rings is 1.